The molecule has 2 saturated carbocycles. The lowest BCUT2D eigenvalue weighted by molar-refractivity contribution is -0.135. The van der Waals surface area contributed by atoms with E-state index in [4.69, 9.17) is 0 Å². The zero-order chi connectivity index (χ0) is 16.5. The van der Waals surface area contributed by atoms with Gasteiger partial charge in [0, 0.05) is 17.3 Å². The molecule has 0 spiro atoms. The number of alkyl halides is 1. The normalized spacial score (nSPS) is 50.8. The van der Waals surface area contributed by atoms with Crippen molar-refractivity contribution >= 4 is 5.78 Å². The number of rotatable bonds is 1. The molecule has 4 rings (SSSR count). The number of hydrogen-bond acceptors (Lipinski definition) is 1. The van der Waals surface area contributed by atoms with E-state index in [2.05, 4.69) is 32.1 Å². The van der Waals surface area contributed by atoms with E-state index >= 15 is 4.39 Å². The molecule has 0 aromatic rings. The number of Topliss-reactive ketones (excluding diaryl/α,β-unsaturated/α-hetero) is 1. The van der Waals surface area contributed by atoms with Gasteiger partial charge in [0.2, 0.25) is 0 Å². The maximum absolute atomic E-state index is 16.5. The summed E-state index contributed by atoms with van der Waals surface area (Å²) < 4.78 is 16.5. The van der Waals surface area contributed by atoms with Gasteiger partial charge in [-0.3, -0.25) is 4.79 Å². The van der Waals surface area contributed by atoms with E-state index in [0.717, 1.165) is 31.3 Å². The minimum atomic E-state index is -1.17. The van der Waals surface area contributed by atoms with Crippen LogP contribution in [0, 0.1) is 28.6 Å². The Morgan fingerprint density at radius 1 is 1.17 bits per heavy atom. The van der Waals surface area contributed by atoms with Crippen molar-refractivity contribution < 1.29 is 9.18 Å². The molecule has 2 fully saturated rings. The largest absolute Gasteiger partial charge is 0.300 e. The Labute approximate surface area is 138 Å². The van der Waals surface area contributed by atoms with Gasteiger partial charge in [-0.05, 0) is 62.9 Å². The van der Waals surface area contributed by atoms with Crippen LogP contribution in [-0.4, -0.2) is 11.5 Å². The maximum atomic E-state index is 16.5. The lowest BCUT2D eigenvalue weighted by Gasteiger charge is -2.59. The van der Waals surface area contributed by atoms with Crippen molar-refractivity contribution in [3.8, 4) is 0 Å². The Bertz CT molecular complexity index is 644. The number of halogens is 1. The molecule has 0 saturated heterocycles. The van der Waals surface area contributed by atoms with Gasteiger partial charge in [0.25, 0.3) is 0 Å². The van der Waals surface area contributed by atoms with Crippen molar-refractivity contribution in [3.05, 3.63) is 36.0 Å². The maximum Gasteiger partial charge on any atom is 0.133 e. The highest BCUT2D eigenvalue weighted by Crippen LogP contribution is 2.67. The fourth-order valence-corrected chi connectivity index (χ4v) is 6.49. The van der Waals surface area contributed by atoms with Crippen LogP contribution in [-0.2, 0) is 4.79 Å². The van der Waals surface area contributed by atoms with Gasteiger partial charge in [-0.1, -0.05) is 37.3 Å². The standard InChI is InChI=1S/C21H27FO/c1-14(23)16-9-10-17-18-8-7-15-6-4-5-11-20(15,3)21(18,22)13-12-19(16,17)2/h4-7,11,16-18H,8-10,12-13H2,1-3H3/t16-,17+,18+,19-,20+,21-/m1/s1. The first-order valence-corrected chi connectivity index (χ1v) is 9.09. The van der Waals surface area contributed by atoms with E-state index in [1.54, 1.807) is 6.92 Å². The lowest BCUT2D eigenvalue weighted by Crippen LogP contribution is -2.59. The number of ketones is 1. The number of hydrogen-bond donors (Lipinski definition) is 0. The molecular formula is C21H27FO. The molecule has 6 atom stereocenters. The molecule has 0 bridgehead atoms. The second-order valence-electron chi connectivity index (χ2n) is 8.64. The van der Waals surface area contributed by atoms with Crippen LogP contribution < -0.4 is 0 Å². The van der Waals surface area contributed by atoms with E-state index in [-0.39, 0.29) is 17.3 Å². The number of carbonyl (C=O) groups excluding carboxylic acids is 1. The fraction of sp³-hybridized carbons (Fsp3) is 0.667. The molecule has 0 unspecified atom stereocenters. The average Bonchev–Trinajstić information content (AvgIpc) is 2.85. The first-order valence-electron chi connectivity index (χ1n) is 9.09. The van der Waals surface area contributed by atoms with Crippen LogP contribution in [0.5, 0.6) is 0 Å². The summed E-state index contributed by atoms with van der Waals surface area (Å²) in [5, 5.41) is 0. The number of allylic oxidation sites excluding steroid dienone is 6. The summed E-state index contributed by atoms with van der Waals surface area (Å²) in [4.78, 5) is 12.1. The van der Waals surface area contributed by atoms with E-state index in [0.29, 0.717) is 18.1 Å². The van der Waals surface area contributed by atoms with Crippen LogP contribution in [0.15, 0.2) is 36.0 Å². The van der Waals surface area contributed by atoms with Crippen molar-refractivity contribution in [1.82, 2.24) is 0 Å². The van der Waals surface area contributed by atoms with Gasteiger partial charge in [0.05, 0.1) is 0 Å². The van der Waals surface area contributed by atoms with Gasteiger partial charge in [-0.15, -0.1) is 0 Å². The molecule has 1 nitrogen and oxygen atoms in total. The number of fused-ring (bicyclic) bond motifs is 5. The molecule has 124 valence electrons. The molecule has 0 radical (unpaired) electrons. The molecule has 4 aliphatic carbocycles. The van der Waals surface area contributed by atoms with Crippen LogP contribution >= 0.6 is 0 Å². The summed E-state index contributed by atoms with van der Waals surface area (Å²) in [5.74, 6) is 0.830. The molecule has 4 aliphatic rings. The van der Waals surface area contributed by atoms with Gasteiger partial charge in [-0.2, -0.15) is 0 Å². The van der Waals surface area contributed by atoms with E-state index in [1.807, 2.05) is 12.2 Å². The highest BCUT2D eigenvalue weighted by molar-refractivity contribution is 5.79. The number of carbonyl (C=O) groups is 1. The van der Waals surface area contributed by atoms with Crippen molar-refractivity contribution in [2.45, 2.75) is 58.5 Å². The fourth-order valence-electron chi connectivity index (χ4n) is 6.49. The van der Waals surface area contributed by atoms with Gasteiger partial charge in [0.1, 0.15) is 11.5 Å². The predicted octanol–water partition coefficient (Wildman–Crippen LogP) is 5.19. The average molecular weight is 314 g/mol. The second kappa shape index (κ2) is 4.68. The van der Waals surface area contributed by atoms with Crippen LogP contribution in [0.2, 0.25) is 0 Å². The minimum Gasteiger partial charge on any atom is -0.300 e. The first kappa shape index (κ1) is 15.4. The van der Waals surface area contributed by atoms with Crippen molar-refractivity contribution in [2.75, 3.05) is 0 Å². The first-order chi connectivity index (χ1) is 10.8. The Morgan fingerprint density at radius 3 is 2.70 bits per heavy atom. The Kier molecular flexibility index (Phi) is 3.12. The topological polar surface area (TPSA) is 17.1 Å². The Balaban J connectivity index is 1.78. The summed E-state index contributed by atoms with van der Waals surface area (Å²) in [6.07, 6.45) is 14.6. The molecule has 0 aromatic carbocycles. The third-order valence-electron chi connectivity index (χ3n) is 7.87. The third-order valence-corrected chi connectivity index (χ3v) is 7.87. The Hall–Kier alpha value is -1.18. The van der Waals surface area contributed by atoms with Crippen molar-refractivity contribution in [1.29, 1.82) is 0 Å². The van der Waals surface area contributed by atoms with Crippen molar-refractivity contribution in [3.63, 3.8) is 0 Å². The summed E-state index contributed by atoms with van der Waals surface area (Å²) >= 11 is 0. The van der Waals surface area contributed by atoms with Gasteiger partial charge in [-0.25, -0.2) is 4.39 Å². The third kappa shape index (κ3) is 1.76. The van der Waals surface area contributed by atoms with E-state index in [1.165, 1.54) is 0 Å². The summed E-state index contributed by atoms with van der Waals surface area (Å²) in [6.45, 7) is 6.06. The van der Waals surface area contributed by atoms with Crippen LogP contribution in [0.25, 0.3) is 0 Å². The highest BCUT2D eigenvalue weighted by Gasteiger charge is 2.66. The van der Waals surface area contributed by atoms with Crippen LogP contribution in [0.4, 0.5) is 4.39 Å². The van der Waals surface area contributed by atoms with Crippen LogP contribution in [0.3, 0.4) is 0 Å². The smallest absolute Gasteiger partial charge is 0.133 e. The van der Waals surface area contributed by atoms with Gasteiger partial charge < -0.3 is 0 Å². The van der Waals surface area contributed by atoms with Crippen molar-refractivity contribution in [2.24, 2.45) is 28.6 Å². The summed E-state index contributed by atoms with van der Waals surface area (Å²) in [6, 6.07) is 0. The lowest BCUT2D eigenvalue weighted by atomic mass is 9.47. The predicted molar refractivity (Wildman–Crippen MR) is 90.7 cm³/mol. The molecule has 2 heteroatoms. The summed E-state index contributed by atoms with van der Waals surface area (Å²) in [7, 11) is 0. The molecular weight excluding hydrogens is 287 g/mol. The second-order valence-corrected chi connectivity index (χ2v) is 8.64. The molecule has 0 N–H and O–H groups in total. The molecule has 0 aromatic heterocycles. The monoisotopic (exact) mass is 314 g/mol. The molecule has 0 aliphatic heterocycles. The van der Waals surface area contributed by atoms with E-state index < -0.39 is 11.1 Å². The molecule has 23 heavy (non-hydrogen) atoms. The van der Waals surface area contributed by atoms with E-state index in [9.17, 15) is 4.79 Å². The summed E-state index contributed by atoms with van der Waals surface area (Å²) in [5.41, 5.74) is -0.528. The zero-order valence-corrected chi connectivity index (χ0v) is 14.4. The Morgan fingerprint density at radius 2 is 1.96 bits per heavy atom. The van der Waals surface area contributed by atoms with Gasteiger partial charge >= 0.3 is 0 Å². The van der Waals surface area contributed by atoms with Crippen LogP contribution in [0.1, 0.15) is 52.9 Å². The molecule has 0 amide bonds. The minimum absolute atomic E-state index is 0.00200. The molecule has 0 heterocycles. The quantitative estimate of drug-likeness (QED) is 0.651. The van der Waals surface area contributed by atoms with Gasteiger partial charge in [0.15, 0.2) is 0 Å². The zero-order valence-electron chi connectivity index (χ0n) is 14.4. The highest BCUT2D eigenvalue weighted by atomic mass is 19.1. The SMILES string of the molecule is CC(=O)[C@H]1CC[C@H]2[C@@H]3CC=C4C=CC=C[C@]4(C)[C@@]3(F)CC[C@]12C.